The zero-order chi connectivity index (χ0) is 18.5. The van der Waals surface area contributed by atoms with Crippen LogP contribution in [0.4, 0.5) is 0 Å². The van der Waals surface area contributed by atoms with Gasteiger partial charge in [-0.25, -0.2) is 4.68 Å². The van der Waals surface area contributed by atoms with Gasteiger partial charge in [-0.05, 0) is 56.0 Å². The van der Waals surface area contributed by atoms with Crippen LogP contribution in [0.1, 0.15) is 12.5 Å². The van der Waals surface area contributed by atoms with Crippen molar-refractivity contribution in [2.75, 3.05) is 14.2 Å². The molecule has 0 N–H and O–H groups in total. The number of hydrogen-bond acceptors (Lipinski definition) is 5. The Labute approximate surface area is 158 Å². The summed E-state index contributed by atoms with van der Waals surface area (Å²) >= 11 is 5.63. The highest BCUT2D eigenvalue weighted by molar-refractivity contribution is 7.71. The average molecular weight is 369 g/mol. The fraction of sp³-hybridized carbons (Fsp3) is 0.316. The SMILES string of the molecule is CCn1c(-c2ccncc2)nn(CN(C)Cc2ccc(OC)cc2)c1=S. The molecule has 136 valence electrons. The molecule has 0 radical (unpaired) electrons. The van der Waals surface area contributed by atoms with Crippen molar-refractivity contribution in [2.24, 2.45) is 0 Å². The van der Waals surface area contributed by atoms with Crippen molar-refractivity contribution in [3.63, 3.8) is 0 Å². The molecule has 0 unspecified atom stereocenters. The molecule has 6 nitrogen and oxygen atoms in total. The number of nitrogens with zero attached hydrogens (tertiary/aromatic N) is 5. The number of ether oxygens (including phenoxy) is 1. The molecule has 3 aromatic rings. The van der Waals surface area contributed by atoms with Crippen LogP contribution in [0.3, 0.4) is 0 Å². The summed E-state index contributed by atoms with van der Waals surface area (Å²) in [6.07, 6.45) is 3.54. The Morgan fingerprint density at radius 3 is 2.42 bits per heavy atom. The molecule has 0 saturated heterocycles. The van der Waals surface area contributed by atoms with Crippen LogP contribution < -0.4 is 4.74 Å². The van der Waals surface area contributed by atoms with E-state index in [1.165, 1.54) is 5.56 Å². The Bertz CT molecular complexity index is 902. The molecule has 2 heterocycles. The molecule has 3 rings (SSSR count). The van der Waals surface area contributed by atoms with Gasteiger partial charge in [0.1, 0.15) is 5.75 Å². The van der Waals surface area contributed by atoms with E-state index in [0.717, 1.165) is 35.0 Å². The maximum atomic E-state index is 5.63. The van der Waals surface area contributed by atoms with E-state index in [-0.39, 0.29) is 0 Å². The number of rotatable bonds is 7. The fourth-order valence-electron chi connectivity index (χ4n) is 2.85. The molecule has 0 fully saturated rings. The number of aromatic nitrogens is 4. The molecule has 0 bridgehead atoms. The Hall–Kier alpha value is -2.51. The Balaban J connectivity index is 1.78. The first-order chi connectivity index (χ1) is 12.6. The van der Waals surface area contributed by atoms with Gasteiger partial charge in [0.15, 0.2) is 10.6 Å². The van der Waals surface area contributed by atoms with E-state index >= 15 is 0 Å². The summed E-state index contributed by atoms with van der Waals surface area (Å²) in [5.74, 6) is 1.74. The fourth-order valence-corrected chi connectivity index (χ4v) is 3.17. The average Bonchev–Trinajstić information content (AvgIpc) is 2.98. The van der Waals surface area contributed by atoms with Crippen LogP contribution in [0.2, 0.25) is 0 Å². The maximum absolute atomic E-state index is 5.63. The molecule has 0 aliphatic heterocycles. The molecule has 0 amide bonds. The second kappa shape index (κ2) is 8.25. The van der Waals surface area contributed by atoms with Crippen LogP contribution in [-0.2, 0) is 19.8 Å². The maximum Gasteiger partial charge on any atom is 0.199 e. The first-order valence-electron chi connectivity index (χ1n) is 8.52. The minimum Gasteiger partial charge on any atom is -0.497 e. The summed E-state index contributed by atoms with van der Waals surface area (Å²) in [6.45, 7) is 4.28. The Morgan fingerprint density at radius 2 is 1.81 bits per heavy atom. The monoisotopic (exact) mass is 369 g/mol. The molecule has 1 aromatic carbocycles. The Kier molecular flexibility index (Phi) is 5.80. The number of methoxy groups -OCH3 is 1. The third kappa shape index (κ3) is 4.00. The molecule has 0 atom stereocenters. The summed E-state index contributed by atoms with van der Waals surface area (Å²) in [7, 11) is 3.73. The second-order valence-corrected chi connectivity index (χ2v) is 6.45. The van der Waals surface area contributed by atoms with Crippen molar-refractivity contribution < 1.29 is 4.74 Å². The highest BCUT2D eigenvalue weighted by Gasteiger charge is 2.13. The number of pyridine rings is 1. The van der Waals surface area contributed by atoms with Crippen molar-refractivity contribution in [3.05, 3.63) is 59.1 Å². The van der Waals surface area contributed by atoms with Crippen LogP contribution in [0, 0.1) is 4.77 Å². The Morgan fingerprint density at radius 1 is 1.12 bits per heavy atom. The van der Waals surface area contributed by atoms with E-state index < -0.39 is 0 Å². The van der Waals surface area contributed by atoms with E-state index in [4.69, 9.17) is 22.1 Å². The standard InChI is InChI=1S/C19H23N5OS/c1-4-23-18(16-9-11-20-12-10-16)21-24(19(23)26)14-22(2)13-15-5-7-17(25-3)8-6-15/h5-12H,4,13-14H2,1-3H3. The van der Waals surface area contributed by atoms with Crippen molar-refractivity contribution >= 4 is 12.2 Å². The molecule has 0 aliphatic rings. The summed E-state index contributed by atoms with van der Waals surface area (Å²) < 4.78 is 9.85. The molecule has 0 saturated carbocycles. The van der Waals surface area contributed by atoms with Crippen molar-refractivity contribution in [1.29, 1.82) is 0 Å². The van der Waals surface area contributed by atoms with Crippen LogP contribution >= 0.6 is 12.2 Å². The molecular weight excluding hydrogens is 346 g/mol. The van der Waals surface area contributed by atoms with E-state index in [2.05, 4.69) is 36.0 Å². The van der Waals surface area contributed by atoms with Gasteiger partial charge in [0.05, 0.1) is 13.8 Å². The molecule has 2 aromatic heterocycles. The zero-order valence-corrected chi connectivity index (χ0v) is 16.1. The van der Waals surface area contributed by atoms with Gasteiger partial charge in [-0.15, -0.1) is 0 Å². The lowest BCUT2D eigenvalue weighted by Gasteiger charge is -2.16. The van der Waals surface area contributed by atoms with Crippen molar-refractivity contribution in [3.8, 4) is 17.1 Å². The lowest BCUT2D eigenvalue weighted by atomic mass is 10.2. The quantitative estimate of drug-likeness (QED) is 0.596. The summed E-state index contributed by atoms with van der Waals surface area (Å²) in [4.78, 5) is 6.26. The molecular formula is C19H23N5OS. The zero-order valence-electron chi connectivity index (χ0n) is 15.3. The lowest BCUT2D eigenvalue weighted by Crippen LogP contribution is -2.22. The van der Waals surface area contributed by atoms with Gasteiger partial charge in [-0.3, -0.25) is 9.88 Å². The summed E-state index contributed by atoms with van der Waals surface area (Å²) in [5.41, 5.74) is 2.23. The highest BCUT2D eigenvalue weighted by atomic mass is 32.1. The third-order valence-electron chi connectivity index (χ3n) is 4.16. The van der Waals surface area contributed by atoms with Gasteiger partial charge in [0.25, 0.3) is 0 Å². The number of hydrogen-bond donors (Lipinski definition) is 0. The molecule has 26 heavy (non-hydrogen) atoms. The van der Waals surface area contributed by atoms with Gasteiger partial charge < -0.3 is 9.30 Å². The van der Waals surface area contributed by atoms with Crippen LogP contribution in [0.5, 0.6) is 5.75 Å². The number of benzene rings is 1. The van der Waals surface area contributed by atoms with Gasteiger partial charge >= 0.3 is 0 Å². The molecule has 0 spiro atoms. The highest BCUT2D eigenvalue weighted by Crippen LogP contribution is 2.18. The molecule has 0 aliphatic carbocycles. The van der Waals surface area contributed by atoms with Gasteiger partial charge in [0.2, 0.25) is 0 Å². The predicted molar refractivity (Wildman–Crippen MR) is 104 cm³/mol. The van der Waals surface area contributed by atoms with Crippen LogP contribution in [-0.4, -0.2) is 38.4 Å². The van der Waals surface area contributed by atoms with Gasteiger partial charge in [0, 0.05) is 31.0 Å². The predicted octanol–water partition coefficient (Wildman–Crippen LogP) is 3.59. The normalized spacial score (nSPS) is 11.1. The topological polar surface area (TPSA) is 48.1 Å². The van der Waals surface area contributed by atoms with Crippen LogP contribution in [0.15, 0.2) is 48.8 Å². The second-order valence-electron chi connectivity index (χ2n) is 6.09. The van der Waals surface area contributed by atoms with Crippen molar-refractivity contribution in [2.45, 2.75) is 26.7 Å². The van der Waals surface area contributed by atoms with Crippen molar-refractivity contribution in [1.82, 2.24) is 24.2 Å². The van der Waals surface area contributed by atoms with E-state index in [9.17, 15) is 0 Å². The van der Waals surface area contributed by atoms with E-state index in [1.54, 1.807) is 19.5 Å². The van der Waals surface area contributed by atoms with Gasteiger partial charge in [-0.1, -0.05) is 12.1 Å². The van der Waals surface area contributed by atoms with Crippen LogP contribution in [0.25, 0.3) is 11.4 Å². The lowest BCUT2D eigenvalue weighted by molar-refractivity contribution is 0.244. The largest absolute Gasteiger partial charge is 0.497 e. The minimum atomic E-state index is 0.621. The summed E-state index contributed by atoms with van der Waals surface area (Å²) in [5, 5.41) is 4.75. The smallest absolute Gasteiger partial charge is 0.199 e. The van der Waals surface area contributed by atoms with E-state index in [1.807, 2.05) is 33.5 Å². The molecule has 7 heteroatoms. The first kappa shape index (κ1) is 18.3. The first-order valence-corrected chi connectivity index (χ1v) is 8.92. The third-order valence-corrected chi connectivity index (χ3v) is 4.60. The van der Waals surface area contributed by atoms with E-state index in [0.29, 0.717) is 6.67 Å². The summed E-state index contributed by atoms with van der Waals surface area (Å²) in [6, 6.07) is 12.0. The minimum absolute atomic E-state index is 0.621. The van der Waals surface area contributed by atoms with Gasteiger partial charge in [-0.2, -0.15) is 5.10 Å².